The van der Waals surface area contributed by atoms with Crippen LogP contribution in [0.5, 0.6) is 0 Å². The Bertz CT molecular complexity index is 115. The summed E-state index contributed by atoms with van der Waals surface area (Å²) in [6, 6.07) is 0.964. The molecule has 52 valence electrons. The summed E-state index contributed by atoms with van der Waals surface area (Å²) in [4.78, 5) is 0. The number of fused-ring (bicyclic) bond motifs is 1. The SMILES string of the molecule is IN1CCC2CCCC21. The largest absolute Gasteiger partial charge is 0.244 e. The minimum absolute atomic E-state index is 0.964. The molecule has 1 saturated heterocycles. The zero-order valence-corrected chi connectivity index (χ0v) is 7.67. The van der Waals surface area contributed by atoms with Gasteiger partial charge in [-0.05, 0) is 25.2 Å². The van der Waals surface area contributed by atoms with Crippen LogP contribution in [0.4, 0.5) is 0 Å². The van der Waals surface area contributed by atoms with Gasteiger partial charge in [0.2, 0.25) is 0 Å². The molecule has 0 bridgehead atoms. The van der Waals surface area contributed by atoms with Crippen LogP contribution in [-0.4, -0.2) is 15.7 Å². The van der Waals surface area contributed by atoms with Gasteiger partial charge in [0.25, 0.3) is 0 Å². The number of rotatable bonds is 0. The fourth-order valence-electron chi connectivity index (χ4n) is 2.18. The van der Waals surface area contributed by atoms with Crippen LogP contribution in [0, 0.1) is 5.92 Å². The van der Waals surface area contributed by atoms with Crippen molar-refractivity contribution in [1.29, 1.82) is 0 Å². The highest BCUT2D eigenvalue weighted by Crippen LogP contribution is 2.39. The van der Waals surface area contributed by atoms with Gasteiger partial charge in [0.15, 0.2) is 0 Å². The van der Waals surface area contributed by atoms with Crippen molar-refractivity contribution >= 4 is 22.9 Å². The van der Waals surface area contributed by atoms with E-state index in [9.17, 15) is 0 Å². The second-order valence-electron chi connectivity index (χ2n) is 3.17. The van der Waals surface area contributed by atoms with Crippen LogP contribution >= 0.6 is 22.9 Å². The van der Waals surface area contributed by atoms with Crippen LogP contribution in [-0.2, 0) is 0 Å². The van der Waals surface area contributed by atoms with Gasteiger partial charge in [0.05, 0.1) is 0 Å². The van der Waals surface area contributed by atoms with E-state index < -0.39 is 0 Å². The molecular weight excluding hydrogens is 225 g/mol. The van der Waals surface area contributed by atoms with Crippen LogP contribution in [0.1, 0.15) is 25.7 Å². The third-order valence-corrected chi connectivity index (χ3v) is 3.89. The van der Waals surface area contributed by atoms with Crippen molar-refractivity contribution in [2.75, 3.05) is 6.54 Å². The molecule has 0 spiro atoms. The van der Waals surface area contributed by atoms with Crippen molar-refractivity contribution in [3.63, 3.8) is 0 Å². The Kier molecular flexibility index (Phi) is 1.69. The lowest BCUT2D eigenvalue weighted by Crippen LogP contribution is -2.19. The summed E-state index contributed by atoms with van der Waals surface area (Å²) in [7, 11) is 0. The molecule has 2 heteroatoms. The van der Waals surface area contributed by atoms with E-state index >= 15 is 0 Å². The van der Waals surface area contributed by atoms with Crippen LogP contribution in [0.25, 0.3) is 0 Å². The average Bonchev–Trinajstić information content (AvgIpc) is 2.35. The number of hydrogen-bond acceptors (Lipinski definition) is 1. The maximum absolute atomic E-state index is 2.51. The van der Waals surface area contributed by atoms with Crippen molar-refractivity contribution in [2.45, 2.75) is 31.7 Å². The first-order valence-corrected chi connectivity index (χ1v) is 4.77. The predicted octanol–water partition coefficient (Wildman–Crippen LogP) is 2.21. The fourth-order valence-corrected chi connectivity index (χ4v) is 3.19. The maximum Gasteiger partial charge on any atom is 0.0222 e. The first kappa shape index (κ1) is 6.40. The number of nitrogens with zero attached hydrogens (tertiary/aromatic N) is 1. The van der Waals surface area contributed by atoms with Gasteiger partial charge in [-0.2, -0.15) is 0 Å². The highest BCUT2D eigenvalue weighted by atomic mass is 127. The van der Waals surface area contributed by atoms with E-state index in [0.717, 1.165) is 12.0 Å². The lowest BCUT2D eigenvalue weighted by Gasteiger charge is -2.14. The Hall–Kier alpha value is 0.690. The van der Waals surface area contributed by atoms with Crippen LogP contribution in [0.3, 0.4) is 0 Å². The summed E-state index contributed by atoms with van der Waals surface area (Å²) in [6.07, 6.45) is 5.92. The zero-order valence-electron chi connectivity index (χ0n) is 5.52. The minimum atomic E-state index is 0.964. The molecule has 2 unspecified atom stereocenters. The van der Waals surface area contributed by atoms with Crippen molar-refractivity contribution in [2.24, 2.45) is 5.92 Å². The Morgan fingerprint density at radius 3 is 2.89 bits per heavy atom. The van der Waals surface area contributed by atoms with Crippen LogP contribution < -0.4 is 0 Å². The second kappa shape index (κ2) is 2.38. The van der Waals surface area contributed by atoms with Crippen molar-refractivity contribution in [3.05, 3.63) is 0 Å². The van der Waals surface area contributed by atoms with Gasteiger partial charge < -0.3 is 0 Å². The summed E-state index contributed by atoms with van der Waals surface area (Å²) in [6.45, 7) is 1.34. The fraction of sp³-hybridized carbons (Fsp3) is 1.00. The molecule has 2 rings (SSSR count). The lowest BCUT2D eigenvalue weighted by atomic mass is 10.1. The van der Waals surface area contributed by atoms with Gasteiger partial charge in [-0.15, -0.1) is 0 Å². The molecule has 9 heavy (non-hydrogen) atoms. The van der Waals surface area contributed by atoms with Gasteiger partial charge in [-0.25, -0.2) is 3.11 Å². The Morgan fingerprint density at radius 1 is 1.22 bits per heavy atom. The minimum Gasteiger partial charge on any atom is -0.244 e. The molecule has 1 heterocycles. The predicted molar refractivity (Wildman–Crippen MR) is 46.5 cm³/mol. The van der Waals surface area contributed by atoms with Gasteiger partial charge in [-0.3, -0.25) is 0 Å². The van der Waals surface area contributed by atoms with Crippen LogP contribution in [0.15, 0.2) is 0 Å². The quantitative estimate of drug-likeness (QED) is 0.461. The van der Waals surface area contributed by atoms with Crippen LogP contribution in [0.2, 0.25) is 0 Å². The highest BCUT2D eigenvalue weighted by molar-refractivity contribution is 14.1. The van der Waals surface area contributed by atoms with E-state index in [2.05, 4.69) is 26.0 Å². The van der Waals surface area contributed by atoms with E-state index in [1.165, 1.54) is 32.2 Å². The maximum atomic E-state index is 2.51. The van der Waals surface area contributed by atoms with Crippen molar-refractivity contribution in [3.8, 4) is 0 Å². The standard InChI is InChI=1S/C7H12IN/c8-9-5-4-6-2-1-3-7(6)9/h6-7H,1-5H2. The molecule has 0 amide bonds. The molecular formula is C7H12IN. The first-order valence-electron chi connectivity index (χ1n) is 3.80. The Balaban J connectivity index is 2.07. The number of hydrogen-bond donors (Lipinski definition) is 0. The van der Waals surface area contributed by atoms with Gasteiger partial charge in [0.1, 0.15) is 0 Å². The van der Waals surface area contributed by atoms with E-state index in [-0.39, 0.29) is 0 Å². The molecule has 0 radical (unpaired) electrons. The summed E-state index contributed by atoms with van der Waals surface area (Å²) in [5.74, 6) is 1.07. The molecule has 1 saturated carbocycles. The van der Waals surface area contributed by atoms with E-state index in [4.69, 9.17) is 0 Å². The van der Waals surface area contributed by atoms with Crippen molar-refractivity contribution in [1.82, 2.24) is 3.11 Å². The van der Waals surface area contributed by atoms with E-state index in [1.807, 2.05) is 0 Å². The average molecular weight is 237 g/mol. The summed E-state index contributed by atoms with van der Waals surface area (Å²) >= 11 is 2.48. The number of halogens is 1. The zero-order chi connectivity index (χ0) is 6.27. The second-order valence-corrected chi connectivity index (χ2v) is 4.41. The lowest BCUT2D eigenvalue weighted by molar-refractivity contribution is 0.432. The molecule has 0 N–H and O–H groups in total. The summed E-state index contributed by atoms with van der Waals surface area (Å²) < 4.78 is 2.51. The highest BCUT2D eigenvalue weighted by Gasteiger charge is 2.35. The molecule has 2 fully saturated rings. The molecule has 0 aromatic heterocycles. The Morgan fingerprint density at radius 2 is 2.11 bits per heavy atom. The van der Waals surface area contributed by atoms with Gasteiger partial charge in [-0.1, -0.05) is 6.42 Å². The normalized spacial score (nSPS) is 43.7. The van der Waals surface area contributed by atoms with E-state index in [0.29, 0.717) is 0 Å². The topological polar surface area (TPSA) is 3.24 Å². The smallest absolute Gasteiger partial charge is 0.0222 e. The van der Waals surface area contributed by atoms with Gasteiger partial charge in [0, 0.05) is 35.5 Å². The molecule has 2 aliphatic rings. The molecule has 1 aliphatic heterocycles. The molecule has 1 nitrogen and oxygen atoms in total. The third-order valence-electron chi connectivity index (χ3n) is 2.69. The molecule has 0 aromatic carbocycles. The summed E-state index contributed by atoms with van der Waals surface area (Å²) in [5.41, 5.74) is 0. The molecule has 0 aromatic rings. The first-order chi connectivity index (χ1) is 4.38. The third kappa shape index (κ3) is 1.00. The molecule has 1 aliphatic carbocycles. The Labute approximate surface area is 70.3 Å². The van der Waals surface area contributed by atoms with Gasteiger partial charge >= 0.3 is 0 Å². The van der Waals surface area contributed by atoms with E-state index in [1.54, 1.807) is 0 Å². The summed E-state index contributed by atoms with van der Waals surface area (Å²) in [5, 5.41) is 0. The van der Waals surface area contributed by atoms with Crippen molar-refractivity contribution < 1.29 is 0 Å². The molecule has 2 atom stereocenters. The monoisotopic (exact) mass is 237 g/mol.